The molecule has 0 unspecified atom stereocenters. The van der Waals surface area contributed by atoms with E-state index in [2.05, 4.69) is 22.6 Å². The molecule has 0 aromatic heterocycles. The van der Waals surface area contributed by atoms with Crippen molar-refractivity contribution in [3.05, 3.63) is 45.9 Å². The number of halogens is 1. The van der Waals surface area contributed by atoms with Crippen LogP contribution < -0.4 is 0 Å². The van der Waals surface area contributed by atoms with Gasteiger partial charge in [0.25, 0.3) is 5.79 Å². The van der Waals surface area contributed by atoms with Crippen LogP contribution in [0.3, 0.4) is 0 Å². The van der Waals surface area contributed by atoms with E-state index in [1.54, 1.807) is 12.5 Å². The smallest absolute Gasteiger partial charge is 0.274 e. The van der Waals surface area contributed by atoms with Crippen LogP contribution in [0.15, 0.2) is 36.8 Å². The van der Waals surface area contributed by atoms with E-state index in [9.17, 15) is 0 Å². The van der Waals surface area contributed by atoms with E-state index < -0.39 is 5.79 Å². The van der Waals surface area contributed by atoms with Crippen LogP contribution in [0.1, 0.15) is 12.5 Å². The molecule has 1 heterocycles. The quantitative estimate of drug-likeness (QED) is 0.740. The van der Waals surface area contributed by atoms with Gasteiger partial charge in [-0.15, -0.1) is 0 Å². The highest BCUT2D eigenvalue weighted by Gasteiger charge is 2.33. The van der Waals surface area contributed by atoms with Gasteiger partial charge in [0.2, 0.25) is 0 Å². The molecule has 1 aliphatic rings. The highest BCUT2D eigenvalue weighted by molar-refractivity contribution is 14.1. The largest absolute Gasteiger partial charge is 0.453 e. The minimum absolute atomic E-state index is 0.641. The summed E-state index contributed by atoms with van der Waals surface area (Å²) in [5, 5.41) is 0. The summed E-state index contributed by atoms with van der Waals surface area (Å²) < 4.78 is 11.9. The Morgan fingerprint density at radius 1 is 1.15 bits per heavy atom. The molecule has 0 amide bonds. The Morgan fingerprint density at radius 2 is 1.77 bits per heavy atom. The normalized spacial score (nSPS) is 18.0. The lowest BCUT2D eigenvalue weighted by Crippen LogP contribution is -2.23. The van der Waals surface area contributed by atoms with E-state index in [1.165, 1.54) is 0 Å². The molecule has 0 aliphatic carbocycles. The van der Waals surface area contributed by atoms with Gasteiger partial charge in [0, 0.05) is 16.1 Å². The van der Waals surface area contributed by atoms with Crippen molar-refractivity contribution < 1.29 is 9.47 Å². The highest BCUT2D eigenvalue weighted by atomic mass is 127. The van der Waals surface area contributed by atoms with Crippen LogP contribution >= 0.6 is 22.6 Å². The molecule has 0 bridgehead atoms. The molecule has 0 N–H and O–H groups in total. The molecule has 1 aliphatic heterocycles. The lowest BCUT2D eigenvalue weighted by molar-refractivity contribution is -0.133. The summed E-state index contributed by atoms with van der Waals surface area (Å²) in [6.45, 7) is 1.91. The Kier molecular flexibility index (Phi) is 2.19. The maximum Gasteiger partial charge on any atom is 0.274 e. The highest BCUT2D eigenvalue weighted by Crippen LogP contribution is 2.33. The van der Waals surface area contributed by atoms with Gasteiger partial charge in [-0.05, 0) is 28.7 Å². The molecule has 0 fully saturated rings. The number of hydrogen-bond donors (Lipinski definition) is 0. The average Bonchev–Trinajstić information content (AvgIpc) is 2.54. The maximum atomic E-state index is 5.40. The van der Waals surface area contributed by atoms with E-state index in [-0.39, 0.29) is 0 Å². The molecular weight excluding hydrogens is 279 g/mol. The fourth-order valence-electron chi connectivity index (χ4n) is 1.30. The average molecular weight is 288 g/mol. The molecule has 3 heteroatoms. The number of benzene rings is 1. The first-order chi connectivity index (χ1) is 6.22. The third kappa shape index (κ3) is 1.52. The van der Waals surface area contributed by atoms with Crippen molar-refractivity contribution in [2.75, 3.05) is 0 Å². The monoisotopic (exact) mass is 288 g/mol. The van der Waals surface area contributed by atoms with Gasteiger partial charge >= 0.3 is 0 Å². The Morgan fingerprint density at radius 3 is 2.38 bits per heavy atom. The van der Waals surface area contributed by atoms with Crippen molar-refractivity contribution in [1.82, 2.24) is 0 Å². The maximum absolute atomic E-state index is 5.40. The zero-order valence-corrected chi connectivity index (χ0v) is 9.32. The second-order valence-electron chi connectivity index (χ2n) is 2.93. The molecule has 2 nitrogen and oxygen atoms in total. The van der Waals surface area contributed by atoms with E-state index in [0.717, 1.165) is 9.13 Å². The third-order valence-corrected chi connectivity index (χ3v) is 2.95. The van der Waals surface area contributed by atoms with Gasteiger partial charge in [0.1, 0.15) is 12.5 Å². The Labute approximate surface area is 90.7 Å². The fraction of sp³-hybridized carbons (Fsp3) is 0.200. The van der Waals surface area contributed by atoms with Gasteiger partial charge in [-0.3, -0.25) is 0 Å². The van der Waals surface area contributed by atoms with Gasteiger partial charge in [0.05, 0.1) is 0 Å². The number of ether oxygens (including phenoxy) is 2. The first-order valence-corrected chi connectivity index (χ1v) is 5.06. The Bertz CT molecular complexity index is 339. The number of rotatable bonds is 1. The molecule has 13 heavy (non-hydrogen) atoms. The van der Waals surface area contributed by atoms with Gasteiger partial charge in [-0.1, -0.05) is 18.2 Å². The van der Waals surface area contributed by atoms with E-state index >= 15 is 0 Å². The molecule has 2 rings (SSSR count). The predicted octanol–water partition coefficient (Wildman–Crippen LogP) is 2.98. The topological polar surface area (TPSA) is 18.5 Å². The summed E-state index contributed by atoms with van der Waals surface area (Å²) in [6, 6.07) is 8.02. The van der Waals surface area contributed by atoms with Crippen molar-refractivity contribution in [3.8, 4) is 0 Å². The van der Waals surface area contributed by atoms with Crippen molar-refractivity contribution in [2.45, 2.75) is 12.7 Å². The van der Waals surface area contributed by atoms with Crippen LogP contribution in [0.4, 0.5) is 0 Å². The molecule has 0 atom stereocenters. The molecular formula is C10H9IO2. The second-order valence-corrected chi connectivity index (χ2v) is 4.10. The molecule has 0 saturated carbocycles. The second kappa shape index (κ2) is 3.21. The lowest BCUT2D eigenvalue weighted by Gasteiger charge is -2.24. The van der Waals surface area contributed by atoms with Gasteiger partial charge in [-0.2, -0.15) is 0 Å². The van der Waals surface area contributed by atoms with Crippen LogP contribution in [0, 0.1) is 3.57 Å². The van der Waals surface area contributed by atoms with Gasteiger partial charge < -0.3 is 9.47 Å². The fourth-order valence-corrected chi connectivity index (χ4v) is 2.18. The third-order valence-electron chi connectivity index (χ3n) is 2.00. The first kappa shape index (κ1) is 8.87. The van der Waals surface area contributed by atoms with Crippen molar-refractivity contribution >= 4 is 22.6 Å². The van der Waals surface area contributed by atoms with Gasteiger partial charge in [-0.25, -0.2) is 0 Å². The van der Waals surface area contributed by atoms with E-state index in [1.807, 2.05) is 31.2 Å². The van der Waals surface area contributed by atoms with Crippen LogP contribution in [-0.4, -0.2) is 0 Å². The molecule has 68 valence electrons. The van der Waals surface area contributed by atoms with E-state index in [0.29, 0.717) is 0 Å². The lowest BCUT2D eigenvalue weighted by atomic mass is 10.1. The molecule has 1 aromatic carbocycles. The molecule has 0 spiro atoms. The zero-order chi connectivity index (χ0) is 9.31. The number of hydrogen-bond acceptors (Lipinski definition) is 2. The molecule has 1 aromatic rings. The Balaban J connectivity index is 2.40. The summed E-state index contributed by atoms with van der Waals surface area (Å²) >= 11 is 2.27. The SMILES string of the molecule is CC1(c2ccccc2I)OC=CO1. The van der Waals surface area contributed by atoms with Crippen LogP contribution in [0.5, 0.6) is 0 Å². The van der Waals surface area contributed by atoms with Gasteiger partial charge in [0.15, 0.2) is 0 Å². The van der Waals surface area contributed by atoms with Crippen LogP contribution in [-0.2, 0) is 15.3 Å². The minimum atomic E-state index is -0.641. The van der Waals surface area contributed by atoms with E-state index in [4.69, 9.17) is 9.47 Å². The predicted molar refractivity (Wildman–Crippen MR) is 57.8 cm³/mol. The van der Waals surface area contributed by atoms with Crippen LogP contribution in [0.2, 0.25) is 0 Å². The first-order valence-electron chi connectivity index (χ1n) is 3.98. The summed E-state index contributed by atoms with van der Waals surface area (Å²) in [5.41, 5.74) is 1.06. The van der Waals surface area contributed by atoms with Crippen molar-refractivity contribution in [2.24, 2.45) is 0 Å². The van der Waals surface area contributed by atoms with Crippen molar-refractivity contribution in [1.29, 1.82) is 0 Å². The molecule has 0 radical (unpaired) electrons. The summed E-state index contributed by atoms with van der Waals surface area (Å²) in [4.78, 5) is 0. The minimum Gasteiger partial charge on any atom is -0.453 e. The summed E-state index contributed by atoms with van der Waals surface area (Å²) in [5.74, 6) is -0.641. The Hall–Kier alpha value is -0.710. The van der Waals surface area contributed by atoms with Crippen molar-refractivity contribution in [3.63, 3.8) is 0 Å². The standard InChI is InChI=1S/C10H9IO2/c1-10(12-6-7-13-10)8-4-2-3-5-9(8)11/h2-7H,1H3. The zero-order valence-electron chi connectivity index (χ0n) is 7.16. The summed E-state index contributed by atoms with van der Waals surface area (Å²) in [6.07, 6.45) is 3.14. The molecule has 0 saturated heterocycles. The summed E-state index contributed by atoms with van der Waals surface area (Å²) in [7, 11) is 0. The van der Waals surface area contributed by atoms with Crippen LogP contribution in [0.25, 0.3) is 0 Å².